The molecule has 0 aromatic carbocycles. The zero-order chi connectivity index (χ0) is 9.52. The third-order valence-electron chi connectivity index (χ3n) is 1.49. The van der Waals surface area contributed by atoms with Gasteiger partial charge in [0.15, 0.2) is 0 Å². The van der Waals surface area contributed by atoms with E-state index in [0.717, 1.165) is 5.56 Å². The molecule has 0 fully saturated rings. The van der Waals surface area contributed by atoms with E-state index in [4.69, 9.17) is 5.73 Å². The zero-order valence-corrected chi connectivity index (χ0v) is 7.23. The molecule has 0 spiro atoms. The highest BCUT2D eigenvalue weighted by atomic mass is 16.1. The van der Waals surface area contributed by atoms with E-state index in [9.17, 15) is 4.79 Å². The third kappa shape index (κ3) is 4.17. The lowest BCUT2D eigenvalue weighted by atomic mass is 10.3. The van der Waals surface area contributed by atoms with Crippen molar-refractivity contribution >= 4 is 5.91 Å². The summed E-state index contributed by atoms with van der Waals surface area (Å²) >= 11 is 0. The number of hydrogen-bond donors (Lipinski definition) is 2. The molecule has 5 nitrogen and oxygen atoms in total. The van der Waals surface area contributed by atoms with Crippen LogP contribution in [-0.4, -0.2) is 22.4 Å². The van der Waals surface area contributed by atoms with Crippen LogP contribution in [0.5, 0.6) is 0 Å². The van der Waals surface area contributed by atoms with E-state index in [1.54, 1.807) is 12.4 Å². The summed E-state index contributed by atoms with van der Waals surface area (Å²) in [4.78, 5) is 18.1. The van der Waals surface area contributed by atoms with E-state index < -0.39 is 0 Å². The van der Waals surface area contributed by atoms with Gasteiger partial charge in [0.1, 0.15) is 6.33 Å². The van der Waals surface area contributed by atoms with E-state index in [1.807, 2.05) is 0 Å². The number of nitrogens with two attached hydrogens (primary N) is 1. The number of primary amides is 1. The van der Waals surface area contributed by atoms with Crippen LogP contribution in [0.3, 0.4) is 0 Å². The van der Waals surface area contributed by atoms with Crippen molar-refractivity contribution in [3.63, 3.8) is 0 Å². The molecule has 0 aliphatic heterocycles. The average molecular weight is 180 g/mol. The van der Waals surface area contributed by atoms with Crippen LogP contribution >= 0.6 is 0 Å². The Kier molecular flexibility index (Phi) is 3.84. The Hall–Kier alpha value is -1.49. The lowest BCUT2D eigenvalue weighted by Gasteiger charge is -2.01. The maximum absolute atomic E-state index is 10.4. The fourth-order valence-corrected chi connectivity index (χ4v) is 0.866. The van der Waals surface area contributed by atoms with Crippen LogP contribution in [0, 0.1) is 0 Å². The molecule has 0 unspecified atom stereocenters. The van der Waals surface area contributed by atoms with Crippen molar-refractivity contribution in [2.45, 2.75) is 13.0 Å². The molecule has 70 valence electrons. The van der Waals surface area contributed by atoms with E-state index in [2.05, 4.69) is 15.3 Å². The SMILES string of the molecule is NC(=O)CCNCc1cncnc1. The van der Waals surface area contributed by atoms with Gasteiger partial charge in [0.25, 0.3) is 0 Å². The average Bonchev–Trinajstić information content (AvgIpc) is 2.14. The number of carbonyl (C=O) groups is 1. The molecule has 1 aromatic heterocycles. The van der Waals surface area contributed by atoms with Crippen LogP contribution in [0.4, 0.5) is 0 Å². The Bertz CT molecular complexity index is 262. The van der Waals surface area contributed by atoms with E-state index in [-0.39, 0.29) is 5.91 Å². The summed E-state index contributed by atoms with van der Waals surface area (Å²) in [6.45, 7) is 1.25. The molecular weight excluding hydrogens is 168 g/mol. The maximum Gasteiger partial charge on any atom is 0.218 e. The molecule has 5 heteroatoms. The lowest BCUT2D eigenvalue weighted by Crippen LogP contribution is -2.21. The predicted octanol–water partition coefficient (Wildman–Crippen LogP) is -0.558. The van der Waals surface area contributed by atoms with E-state index in [0.29, 0.717) is 19.5 Å². The first-order valence-electron chi connectivity index (χ1n) is 4.02. The number of rotatable bonds is 5. The van der Waals surface area contributed by atoms with Gasteiger partial charge in [0.2, 0.25) is 5.91 Å². The predicted molar refractivity (Wildman–Crippen MR) is 47.6 cm³/mol. The number of amides is 1. The smallest absolute Gasteiger partial charge is 0.218 e. The molecule has 0 atom stereocenters. The van der Waals surface area contributed by atoms with Crippen LogP contribution < -0.4 is 11.1 Å². The van der Waals surface area contributed by atoms with Crippen LogP contribution in [0.15, 0.2) is 18.7 Å². The van der Waals surface area contributed by atoms with Crippen LogP contribution in [-0.2, 0) is 11.3 Å². The molecule has 0 aliphatic rings. The molecule has 0 radical (unpaired) electrons. The Labute approximate surface area is 76.4 Å². The second-order valence-corrected chi connectivity index (χ2v) is 2.64. The Morgan fingerprint density at radius 2 is 2.15 bits per heavy atom. The number of aromatic nitrogens is 2. The van der Waals surface area contributed by atoms with Gasteiger partial charge in [-0.05, 0) is 0 Å². The highest BCUT2D eigenvalue weighted by Gasteiger charge is 1.94. The molecule has 0 aliphatic carbocycles. The van der Waals surface area contributed by atoms with Crippen molar-refractivity contribution in [1.29, 1.82) is 0 Å². The van der Waals surface area contributed by atoms with Gasteiger partial charge >= 0.3 is 0 Å². The largest absolute Gasteiger partial charge is 0.370 e. The van der Waals surface area contributed by atoms with Crippen LogP contribution in [0.1, 0.15) is 12.0 Å². The van der Waals surface area contributed by atoms with Gasteiger partial charge in [0, 0.05) is 37.5 Å². The van der Waals surface area contributed by atoms with Gasteiger partial charge in [-0.3, -0.25) is 4.79 Å². The molecule has 3 N–H and O–H groups in total. The second kappa shape index (κ2) is 5.21. The van der Waals surface area contributed by atoms with Gasteiger partial charge in [-0.2, -0.15) is 0 Å². The molecule has 1 amide bonds. The van der Waals surface area contributed by atoms with E-state index >= 15 is 0 Å². The van der Waals surface area contributed by atoms with Crippen LogP contribution in [0.2, 0.25) is 0 Å². The standard InChI is InChI=1S/C8H12N4O/c9-8(13)1-2-10-3-7-4-11-6-12-5-7/h4-6,10H,1-3H2,(H2,9,13). The summed E-state index contributed by atoms with van der Waals surface area (Å²) in [5, 5.41) is 3.05. The topological polar surface area (TPSA) is 80.9 Å². The van der Waals surface area contributed by atoms with Gasteiger partial charge < -0.3 is 11.1 Å². The number of nitrogens with zero attached hydrogens (tertiary/aromatic N) is 2. The molecule has 0 saturated heterocycles. The zero-order valence-electron chi connectivity index (χ0n) is 7.23. The van der Waals surface area contributed by atoms with Gasteiger partial charge in [-0.25, -0.2) is 9.97 Å². The summed E-state index contributed by atoms with van der Waals surface area (Å²) in [6, 6.07) is 0. The minimum absolute atomic E-state index is 0.295. The third-order valence-corrected chi connectivity index (χ3v) is 1.49. The maximum atomic E-state index is 10.4. The molecular formula is C8H12N4O. The lowest BCUT2D eigenvalue weighted by molar-refractivity contribution is -0.117. The minimum Gasteiger partial charge on any atom is -0.370 e. The van der Waals surface area contributed by atoms with Gasteiger partial charge in [0.05, 0.1) is 0 Å². The number of nitrogens with one attached hydrogen (secondary N) is 1. The van der Waals surface area contributed by atoms with E-state index in [1.165, 1.54) is 6.33 Å². The molecule has 0 saturated carbocycles. The fraction of sp³-hybridized carbons (Fsp3) is 0.375. The van der Waals surface area contributed by atoms with Gasteiger partial charge in [-0.15, -0.1) is 0 Å². The molecule has 13 heavy (non-hydrogen) atoms. The van der Waals surface area contributed by atoms with Crippen molar-refractivity contribution in [2.75, 3.05) is 6.54 Å². The Morgan fingerprint density at radius 1 is 1.46 bits per heavy atom. The minimum atomic E-state index is -0.295. The quantitative estimate of drug-likeness (QED) is 0.595. The summed E-state index contributed by atoms with van der Waals surface area (Å²) in [5.41, 5.74) is 5.96. The Balaban J connectivity index is 2.17. The normalized spacial score (nSPS) is 9.85. The second-order valence-electron chi connectivity index (χ2n) is 2.64. The van der Waals surface area contributed by atoms with Crippen molar-refractivity contribution in [2.24, 2.45) is 5.73 Å². The van der Waals surface area contributed by atoms with Crippen molar-refractivity contribution in [3.8, 4) is 0 Å². The molecule has 0 bridgehead atoms. The molecule has 1 heterocycles. The fourth-order valence-electron chi connectivity index (χ4n) is 0.866. The van der Waals surface area contributed by atoms with Gasteiger partial charge in [-0.1, -0.05) is 0 Å². The summed E-state index contributed by atoms with van der Waals surface area (Å²) < 4.78 is 0. The first-order chi connectivity index (χ1) is 6.29. The summed E-state index contributed by atoms with van der Waals surface area (Å²) in [6.07, 6.45) is 5.29. The molecule has 1 aromatic rings. The molecule has 1 rings (SSSR count). The number of carbonyl (C=O) groups excluding carboxylic acids is 1. The highest BCUT2D eigenvalue weighted by molar-refractivity contribution is 5.73. The van der Waals surface area contributed by atoms with Crippen molar-refractivity contribution < 1.29 is 4.79 Å². The Morgan fingerprint density at radius 3 is 2.77 bits per heavy atom. The van der Waals surface area contributed by atoms with Crippen molar-refractivity contribution in [1.82, 2.24) is 15.3 Å². The highest BCUT2D eigenvalue weighted by Crippen LogP contribution is 1.90. The summed E-state index contributed by atoms with van der Waals surface area (Å²) in [7, 11) is 0. The van der Waals surface area contributed by atoms with Crippen molar-refractivity contribution in [3.05, 3.63) is 24.3 Å². The summed E-state index contributed by atoms with van der Waals surface area (Å²) in [5.74, 6) is -0.295. The first-order valence-corrected chi connectivity index (χ1v) is 4.02. The number of hydrogen-bond acceptors (Lipinski definition) is 4. The van der Waals surface area contributed by atoms with Crippen LogP contribution in [0.25, 0.3) is 0 Å². The first kappa shape index (κ1) is 9.60. The monoisotopic (exact) mass is 180 g/mol.